The van der Waals surface area contributed by atoms with Crippen LogP contribution in [0.15, 0.2) is 88.8 Å². The van der Waals surface area contributed by atoms with Gasteiger partial charge in [0, 0.05) is 0 Å². The van der Waals surface area contributed by atoms with E-state index in [1.165, 1.54) is 27.8 Å². The molecule has 0 atom stereocenters. The van der Waals surface area contributed by atoms with Crippen LogP contribution in [0.2, 0.25) is 0 Å². The van der Waals surface area contributed by atoms with Crippen molar-refractivity contribution < 1.29 is 42.2 Å². The van der Waals surface area contributed by atoms with Crippen molar-refractivity contribution in [2.75, 3.05) is 0 Å². The smallest absolute Gasteiger partial charge is 1.00 e. The van der Waals surface area contributed by atoms with Crippen molar-refractivity contribution in [3.05, 3.63) is 117 Å². The van der Waals surface area contributed by atoms with Gasteiger partial charge in [-0.3, -0.25) is 0 Å². The Kier molecular flexibility index (Phi) is 9.22. The summed E-state index contributed by atoms with van der Waals surface area (Å²) >= 11 is -1.87. The predicted octanol–water partition coefficient (Wildman–Crippen LogP) is 2.71. The second-order valence-electron chi connectivity index (χ2n) is 10.2. The van der Waals surface area contributed by atoms with Gasteiger partial charge in [0.1, 0.15) is 0 Å². The van der Waals surface area contributed by atoms with Crippen molar-refractivity contribution in [2.24, 2.45) is 0 Å². The van der Waals surface area contributed by atoms with Crippen molar-refractivity contribution in [3.8, 4) is 11.1 Å². The second-order valence-corrected chi connectivity index (χ2v) is 14.5. The zero-order valence-corrected chi connectivity index (χ0v) is 24.4. The van der Waals surface area contributed by atoms with Crippen molar-refractivity contribution in [1.82, 2.24) is 0 Å². The Bertz CT molecular complexity index is 1240. The molecule has 0 aromatic heterocycles. The molecule has 0 fully saturated rings. The maximum atomic E-state index is 2.50. The van der Waals surface area contributed by atoms with Gasteiger partial charge in [0.25, 0.3) is 0 Å². The molecule has 0 spiro atoms. The number of allylic oxidation sites excluding steroid dienone is 4. The molecular formula is C32H34Cl2Ti. The average molecular weight is 537 g/mol. The van der Waals surface area contributed by atoms with Crippen molar-refractivity contribution in [3.63, 3.8) is 0 Å². The number of hydrogen-bond acceptors (Lipinski definition) is 0. The first-order valence-electron chi connectivity index (χ1n) is 12.4. The molecule has 0 saturated carbocycles. The molecule has 2 aliphatic carbocycles. The number of rotatable bonds is 5. The molecule has 0 N–H and O–H groups in total. The molecule has 3 heteroatoms. The van der Waals surface area contributed by atoms with Gasteiger partial charge in [-0.05, 0) is 0 Å². The molecule has 0 radical (unpaired) electrons. The van der Waals surface area contributed by atoms with Crippen LogP contribution in [0.4, 0.5) is 0 Å². The molecule has 3 aromatic carbocycles. The van der Waals surface area contributed by atoms with Crippen molar-refractivity contribution in [2.45, 2.75) is 57.1 Å². The van der Waals surface area contributed by atoms with Crippen LogP contribution in [0.5, 0.6) is 0 Å². The van der Waals surface area contributed by atoms with E-state index in [2.05, 4.69) is 120 Å². The molecule has 35 heavy (non-hydrogen) atoms. The molecule has 3 aromatic rings. The molecule has 0 nitrogen and oxygen atoms in total. The zero-order chi connectivity index (χ0) is 23.1. The summed E-state index contributed by atoms with van der Waals surface area (Å²) < 4.78 is 3.85. The summed E-state index contributed by atoms with van der Waals surface area (Å²) in [5.74, 6) is 1.09. The fourth-order valence-electron chi connectivity index (χ4n) is 5.45. The first-order chi connectivity index (χ1) is 16.0. The Morgan fingerprint density at radius 1 is 0.771 bits per heavy atom. The van der Waals surface area contributed by atoms with Crippen LogP contribution in [-0.4, -0.2) is 3.81 Å². The third-order valence-electron chi connectivity index (χ3n) is 7.42. The minimum absolute atomic E-state index is 0. The van der Waals surface area contributed by atoms with E-state index in [9.17, 15) is 0 Å². The fourth-order valence-corrected chi connectivity index (χ4v) is 10.9. The molecule has 2 aliphatic rings. The quantitative estimate of drug-likeness (QED) is 0.440. The van der Waals surface area contributed by atoms with Gasteiger partial charge in [0.05, 0.1) is 0 Å². The van der Waals surface area contributed by atoms with Crippen molar-refractivity contribution in [1.29, 1.82) is 0 Å². The number of fused-ring (bicyclic) bond motifs is 3. The molecule has 0 amide bonds. The molecule has 5 rings (SSSR count). The summed E-state index contributed by atoms with van der Waals surface area (Å²) in [5.41, 5.74) is 10.4. The van der Waals surface area contributed by atoms with E-state index in [0.717, 1.165) is 6.42 Å². The van der Waals surface area contributed by atoms with Gasteiger partial charge < -0.3 is 24.8 Å². The van der Waals surface area contributed by atoms with Crippen LogP contribution in [0.25, 0.3) is 11.1 Å². The van der Waals surface area contributed by atoms with Crippen LogP contribution in [0.3, 0.4) is 0 Å². The largest absolute Gasteiger partial charge is 1.00 e. The molecule has 0 bridgehead atoms. The van der Waals surface area contributed by atoms with Crippen LogP contribution in [0.1, 0.15) is 84.9 Å². The Balaban J connectivity index is 0.00000171. The molecule has 0 saturated heterocycles. The third-order valence-corrected chi connectivity index (χ3v) is 12.7. The predicted molar refractivity (Wildman–Crippen MR) is 140 cm³/mol. The molecule has 0 aliphatic heterocycles. The number of halogens is 2. The number of benzene rings is 3. The van der Waals surface area contributed by atoms with Gasteiger partial charge >= 0.3 is 206 Å². The maximum Gasteiger partial charge on any atom is -1.00 e. The first-order valence-corrected chi connectivity index (χ1v) is 14.8. The van der Waals surface area contributed by atoms with Gasteiger partial charge in [0.2, 0.25) is 0 Å². The summed E-state index contributed by atoms with van der Waals surface area (Å²) in [5, 5.41) is 0. The number of hydrogen-bond donors (Lipinski definition) is 0. The molecular weight excluding hydrogens is 503 g/mol. The van der Waals surface area contributed by atoms with Gasteiger partial charge in [-0.25, -0.2) is 0 Å². The summed E-state index contributed by atoms with van der Waals surface area (Å²) in [6.45, 7) is 11.7. The van der Waals surface area contributed by atoms with Crippen LogP contribution in [-0.2, 0) is 17.4 Å². The summed E-state index contributed by atoms with van der Waals surface area (Å²) in [7, 11) is 0. The minimum atomic E-state index is -1.87. The summed E-state index contributed by atoms with van der Waals surface area (Å²) in [6, 6.07) is 25.9. The van der Waals surface area contributed by atoms with Gasteiger partial charge in [0.15, 0.2) is 0 Å². The maximum absolute atomic E-state index is 2.50. The molecule has 0 unspecified atom stereocenters. The average Bonchev–Trinajstić information content (AvgIpc) is 3.46. The van der Waals surface area contributed by atoms with E-state index in [-0.39, 0.29) is 24.8 Å². The van der Waals surface area contributed by atoms with Crippen LogP contribution in [0, 0.1) is 0 Å². The third kappa shape index (κ3) is 5.23. The Morgan fingerprint density at radius 3 is 1.77 bits per heavy atom. The summed E-state index contributed by atoms with van der Waals surface area (Å²) in [4.78, 5) is 0. The van der Waals surface area contributed by atoms with E-state index < -0.39 is 17.4 Å². The topological polar surface area (TPSA) is 0 Å². The van der Waals surface area contributed by atoms with Gasteiger partial charge in [-0.1, -0.05) is 0 Å². The zero-order valence-electron chi connectivity index (χ0n) is 21.3. The molecule has 180 valence electrons. The van der Waals surface area contributed by atoms with Gasteiger partial charge in [-0.2, -0.15) is 0 Å². The van der Waals surface area contributed by atoms with Gasteiger partial charge in [-0.15, -0.1) is 0 Å². The van der Waals surface area contributed by atoms with E-state index in [0.29, 0.717) is 16.1 Å². The standard InChI is InChI=1S/C19H21.C8H8.C5H5.2ClH.Ti/c1-12(2)14-5-7-16-9-17-8-6-15(13(3)4)11-19(17)18(16)10-14;1-2-8-6-4-3-5-7-8;1-2-4-5-3-1;;;/h5-13H,1-4H3;3-7H,1H3;1-3H,4H2;2*1H;/q;;;;;+2/p-2. The van der Waals surface area contributed by atoms with Crippen molar-refractivity contribution >= 4 is 3.81 Å². The Morgan fingerprint density at radius 2 is 1.31 bits per heavy atom. The SMILES string of the molecule is C/[C](c1ccccc1)=[Ti+2](/[C]1=CC=CC1)[CH]1c2ccc(C(C)C)cc2-c2cc(C(C)C)ccc21.[Cl-].[Cl-]. The normalized spacial score (nSPS) is 14.3. The van der Waals surface area contributed by atoms with Crippen LogP contribution >= 0.6 is 0 Å². The monoisotopic (exact) mass is 536 g/mol. The van der Waals surface area contributed by atoms with E-state index >= 15 is 0 Å². The first kappa shape index (κ1) is 27.9. The Hall–Kier alpha value is -1.70. The van der Waals surface area contributed by atoms with E-state index in [4.69, 9.17) is 0 Å². The Labute approximate surface area is 229 Å². The van der Waals surface area contributed by atoms with E-state index in [1.807, 2.05) is 0 Å². The van der Waals surface area contributed by atoms with Crippen LogP contribution < -0.4 is 24.8 Å². The minimum Gasteiger partial charge on any atom is -1.00 e. The second kappa shape index (κ2) is 11.6. The van der Waals surface area contributed by atoms with E-state index in [1.54, 1.807) is 18.8 Å². The fraction of sp³-hybridized carbons (Fsp3) is 0.281. The summed E-state index contributed by atoms with van der Waals surface area (Å²) in [6.07, 6.45) is 8.18. The molecule has 0 heterocycles.